The average Bonchev–Trinajstić information content (AvgIpc) is 1.66. The predicted molar refractivity (Wildman–Crippen MR) is 33.5 cm³/mol. The minimum absolute atomic E-state index is 0.967. The predicted octanol–water partition coefficient (Wildman–Crippen LogP) is 0.983. The normalized spacial score (nSPS) is 8.12. The number of carbonyl (C=O) groups is 1. The molecule has 0 saturated heterocycles. The van der Waals surface area contributed by atoms with Gasteiger partial charge in [0, 0.05) is 22.0 Å². The SMILES string of the molecule is O=C(O)/C=C/C#CBr. The molecule has 0 spiro atoms. The number of carboxylic acid groups (broad SMARTS) is 1. The van der Waals surface area contributed by atoms with Crippen molar-refractivity contribution in [3.63, 3.8) is 0 Å². The molecule has 0 aliphatic rings. The van der Waals surface area contributed by atoms with E-state index in [9.17, 15) is 4.79 Å². The van der Waals surface area contributed by atoms with Crippen LogP contribution in [-0.4, -0.2) is 11.1 Å². The Balaban J connectivity index is 3.61. The number of hydrogen-bond acceptors (Lipinski definition) is 1. The number of allylic oxidation sites excluding steroid dienone is 1. The molecule has 0 unspecified atom stereocenters. The first-order valence-corrected chi connectivity index (χ1v) is 2.57. The Morgan fingerprint density at radius 2 is 2.38 bits per heavy atom. The molecule has 0 fully saturated rings. The van der Waals surface area contributed by atoms with Crippen molar-refractivity contribution in [2.45, 2.75) is 0 Å². The van der Waals surface area contributed by atoms with Crippen molar-refractivity contribution in [3.8, 4) is 10.8 Å². The van der Waals surface area contributed by atoms with Crippen LogP contribution < -0.4 is 0 Å². The van der Waals surface area contributed by atoms with Gasteiger partial charge in [-0.15, -0.1) is 0 Å². The molecule has 0 saturated carbocycles. The van der Waals surface area contributed by atoms with Crippen LogP contribution in [0.2, 0.25) is 0 Å². The molecule has 0 bridgehead atoms. The van der Waals surface area contributed by atoms with Gasteiger partial charge in [-0.3, -0.25) is 0 Å². The molecule has 0 aliphatic heterocycles. The van der Waals surface area contributed by atoms with E-state index in [1.54, 1.807) is 0 Å². The van der Waals surface area contributed by atoms with Gasteiger partial charge in [-0.1, -0.05) is 5.92 Å². The van der Waals surface area contributed by atoms with Crippen molar-refractivity contribution in [2.75, 3.05) is 0 Å². The summed E-state index contributed by atoms with van der Waals surface area (Å²) in [6.45, 7) is 0. The highest BCUT2D eigenvalue weighted by molar-refractivity contribution is 9.12. The summed E-state index contributed by atoms with van der Waals surface area (Å²) in [4.78, 5) is 12.0. The fourth-order valence-corrected chi connectivity index (χ4v) is 0.277. The molecule has 0 aromatic carbocycles. The monoisotopic (exact) mass is 174 g/mol. The molecule has 0 rings (SSSR count). The van der Waals surface area contributed by atoms with Crippen LogP contribution in [0.3, 0.4) is 0 Å². The lowest BCUT2D eigenvalue weighted by Crippen LogP contribution is -1.84. The van der Waals surface area contributed by atoms with Crippen LogP contribution in [0.1, 0.15) is 0 Å². The Hall–Kier alpha value is -0.750. The lowest BCUT2D eigenvalue weighted by atomic mass is 10.5. The molecular weight excluding hydrogens is 172 g/mol. The lowest BCUT2D eigenvalue weighted by molar-refractivity contribution is -0.131. The van der Waals surface area contributed by atoms with Crippen LogP contribution in [0.25, 0.3) is 0 Å². The molecule has 1 N–H and O–H groups in total. The summed E-state index contributed by atoms with van der Waals surface area (Å²) in [6.07, 6.45) is 2.21. The maximum absolute atomic E-state index is 9.70. The van der Waals surface area contributed by atoms with Crippen molar-refractivity contribution >= 4 is 21.9 Å². The second-order valence-electron chi connectivity index (χ2n) is 0.910. The minimum atomic E-state index is -0.986. The second-order valence-corrected chi connectivity index (χ2v) is 1.31. The van der Waals surface area contributed by atoms with Gasteiger partial charge in [0.2, 0.25) is 0 Å². The molecular formula is C5H3BrO2. The van der Waals surface area contributed by atoms with E-state index in [4.69, 9.17) is 5.11 Å². The van der Waals surface area contributed by atoms with Gasteiger partial charge in [-0.05, 0) is 10.9 Å². The number of halogens is 1. The highest BCUT2D eigenvalue weighted by Crippen LogP contribution is 1.72. The summed E-state index contributed by atoms with van der Waals surface area (Å²) < 4.78 is 0. The number of rotatable bonds is 1. The second kappa shape index (κ2) is 4.41. The molecule has 2 nitrogen and oxygen atoms in total. The highest BCUT2D eigenvalue weighted by Gasteiger charge is 1.78. The van der Waals surface area contributed by atoms with Crippen LogP contribution in [-0.2, 0) is 4.79 Å². The molecule has 0 amide bonds. The maximum Gasteiger partial charge on any atom is 0.328 e. The smallest absolute Gasteiger partial charge is 0.328 e. The van der Waals surface area contributed by atoms with E-state index in [2.05, 4.69) is 26.7 Å². The van der Waals surface area contributed by atoms with Gasteiger partial charge in [0.15, 0.2) is 0 Å². The van der Waals surface area contributed by atoms with E-state index in [1.165, 1.54) is 6.08 Å². The zero-order valence-corrected chi connectivity index (χ0v) is 5.47. The molecule has 3 heteroatoms. The summed E-state index contributed by atoms with van der Waals surface area (Å²) in [7, 11) is 0. The lowest BCUT2D eigenvalue weighted by Gasteiger charge is -1.69. The molecule has 0 atom stereocenters. The van der Waals surface area contributed by atoms with Crippen molar-refractivity contribution in [3.05, 3.63) is 12.2 Å². The first kappa shape index (κ1) is 7.25. The van der Waals surface area contributed by atoms with E-state index in [-0.39, 0.29) is 0 Å². The number of carboxylic acids is 1. The minimum Gasteiger partial charge on any atom is -0.478 e. The standard InChI is InChI=1S/C5H3BrO2/c6-4-2-1-3-5(7)8/h1,3H,(H,7,8)/b3-1+. The van der Waals surface area contributed by atoms with Gasteiger partial charge in [0.1, 0.15) is 0 Å². The van der Waals surface area contributed by atoms with Crippen LogP contribution in [0.4, 0.5) is 0 Å². The topological polar surface area (TPSA) is 37.3 Å². The molecule has 0 aliphatic carbocycles. The van der Waals surface area contributed by atoms with Gasteiger partial charge in [-0.2, -0.15) is 0 Å². The van der Waals surface area contributed by atoms with E-state index < -0.39 is 5.97 Å². The maximum atomic E-state index is 9.70. The largest absolute Gasteiger partial charge is 0.478 e. The highest BCUT2D eigenvalue weighted by atomic mass is 79.9. The zero-order valence-electron chi connectivity index (χ0n) is 3.89. The fraction of sp³-hybridized carbons (Fsp3) is 0. The summed E-state index contributed by atoms with van der Waals surface area (Å²) in [5, 5.41) is 7.97. The first-order valence-electron chi connectivity index (χ1n) is 1.78. The van der Waals surface area contributed by atoms with Crippen molar-refractivity contribution in [1.29, 1.82) is 0 Å². The van der Waals surface area contributed by atoms with Crippen molar-refractivity contribution < 1.29 is 9.90 Å². The van der Waals surface area contributed by atoms with Crippen molar-refractivity contribution in [2.24, 2.45) is 0 Å². The molecule has 42 valence electrons. The van der Waals surface area contributed by atoms with Gasteiger partial charge < -0.3 is 5.11 Å². The Bertz CT molecular complexity index is 161. The first-order chi connectivity index (χ1) is 3.77. The third-order valence-corrected chi connectivity index (χ3v) is 0.593. The van der Waals surface area contributed by atoms with Crippen LogP contribution in [0, 0.1) is 10.8 Å². The molecule has 0 aromatic heterocycles. The molecule has 8 heavy (non-hydrogen) atoms. The molecule has 0 heterocycles. The quantitative estimate of drug-likeness (QED) is 0.476. The number of hydrogen-bond donors (Lipinski definition) is 1. The van der Waals surface area contributed by atoms with E-state index >= 15 is 0 Å². The molecule has 0 aromatic rings. The zero-order chi connectivity index (χ0) is 6.41. The Morgan fingerprint density at radius 1 is 1.75 bits per heavy atom. The van der Waals surface area contributed by atoms with Gasteiger partial charge in [0.25, 0.3) is 0 Å². The summed E-state index contributed by atoms with van der Waals surface area (Å²) in [5.74, 6) is 1.40. The Morgan fingerprint density at radius 3 is 2.75 bits per heavy atom. The van der Waals surface area contributed by atoms with Crippen LogP contribution in [0.5, 0.6) is 0 Å². The summed E-state index contributed by atoms with van der Waals surface area (Å²) >= 11 is 2.79. The number of aliphatic carboxylic acids is 1. The van der Waals surface area contributed by atoms with Gasteiger partial charge in [0.05, 0.1) is 0 Å². The third kappa shape index (κ3) is 5.25. The van der Waals surface area contributed by atoms with E-state index in [1.807, 2.05) is 0 Å². The van der Waals surface area contributed by atoms with Crippen LogP contribution >= 0.6 is 15.9 Å². The van der Waals surface area contributed by atoms with Gasteiger partial charge in [-0.25, -0.2) is 4.79 Å². The summed E-state index contributed by atoms with van der Waals surface area (Å²) in [6, 6.07) is 0. The van der Waals surface area contributed by atoms with Crippen molar-refractivity contribution in [1.82, 2.24) is 0 Å². The van der Waals surface area contributed by atoms with Crippen LogP contribution in [0.15, 0.2) is 12.2 Å². The Kier molecular flexibility index (Phi) is 4.00. The Labute approximate surface area is 55.3 Å². The van der Waals surface area contributed by atoms with E-state index in [0.717, 1.165) is 6.08 Å². The third-order valence-electron chi connectivity index (χ3n) is 0.364. The van der Waals surface area contributed by atoms with E-state index in [0.29, 0.717) is 0 Å². The summed E-state index contributed by atoms with van der Waals surface area (Å²) in [5.41, 5.74) is 0. The molecule has 0 radical (unpaired) electrons. The average molecular weight is 175 g/mol. The van der Waals surface area contributed by atoms with Gasteiger partial charge >= 0.3 is 5.97 Å². The fourth-order valence-electron chi connectivity index (χ4n) is 0.144.